The molecule has 4 rings (SSSR count). The zero-order valence-corrected chi connectivity index (χ0v) is 17.9. The van der Waals surface area contributed by atoms with Crippen LogP contribution in [0.4, 0.5) is 0 Å². The average molecular weight is 521 g/mol. The molecule has 0 unspecified atom stereocenters. The Kier molecular flexibility index (Phi) is 5.00. The van der Waals surface area contributed by atoms with Crippen molar-refractivity contribution in [3.8, 4) is 11.3 Å². The Morgan fingerprint density at radius 3 is 2.50 bits per heavy atom. The van der Waals surface area contributed by atoms with E-state index in [1.807, 2.05) is 0 Å². The van der Waals surface area contributed by atoms with Crippen LogP contribution in [0, 0.1) is 6.07 Å². The molecule has 0 fully saturated rings. The van der Waals surface area contributed by atoms with Crippen LogP contribution in [0.5, 0.6) is 0 Å². The molecule has 0 N–H and O–H groups in total. The summed E-state index contributed by atoms with van der Waals surface area (Å²) in [5.41, 5.74) is 5.47. The molecule has 2 aromatic carbocycles. The molecule has 0 aliphatic rings. The van der Waals surface area contributed by atoms with Crippen molar-refractivity contribution >= 4 is 21.8 Å². The van der Waals surface area contributed by atoms with Gasteiger partial charge in [0.1, 0.15) is 6.33 Å². The molecule has 4 heteroatoms. The van der Waals surface area contributed by atoms with Crippen LogP contribution in [-0.4, -0.2) is 14.5 Å². The molecular weight excluding hydrogens is 498 g/mol. The van der Waals surface area contributed by atoms with Crippen LogP contribution in [0.1, 0.15) is 33.4 Å². The van der Waals surface area contributed by atoms with E-state index in [2.05, 4.69) is 90.8 Å². The number of nitrogens with zero attached hydrogens (tertiary/aromatic N) is 3. The maximum atomic E-state index is 4.49. The first-order valence-electron chi connectivity index (χ1n) is 8.74. The second-order valence-corrected chi connectivity index (χ2v) is 7.45. The minimum atomic E-state index is 0. The monoisotopic (exact) mass is 521 g/mol. The third-order valence-corrected chi connectivity index (χ3v) is 4.73. The second-order valence-electron chi connectivity index (χ2n) is 7.45. The molecule has 0 amide bonds. The van der Waals surface area contributed by atoms with E-state index in [9.17, 15) is 0 Å². The van der Waals surface area contributed by atoms with Crippen molar-refractivity contribution in [3.63, 3.8) is 0 Å². The Morgan fingerprint density at radius 1 is 1.00 bits per heavy atom. The van der Waals surface area contributed by atoms with Crippen molar-refractivity contribution in [1.82, 2.24) is 14.5 Å². The van der Waals surface area contributed by atoms with Gasteiger partial charge in [-0.05, 0) is 29.6 Å². The molecule has 1 radical (unpaired) electrons. The summed E-state index contributed by atoms with van der Waals surface area (Å²) in [5.74, 6) is 0. The number of aryl methyl sites for hydroxylation is 1. The van der Waals surface area contributed by atoms with E-state index < -0.39 is 0 Å². The summed E-state index contributed by atoms with van der Waals surface area (Å²) in [6, 6.07) is 18.4. The third kappa shape index (κ3) is 3.08. The maximum absolute atomic E-state index is 4.49. The van der Waals surface area contributed by atoms with E-state index in [0.29, 0.717) is 0 Å². The molecule has 0 bridgehead atoms. The quantitative estimate of drug-likeness (QED) is 0.333. The van der Waals surface area contributed by atoms with Gasteiger partial charge in [-0.1, -0.05) is 50.4 Å². The van der Waals surface area contributed by atoms with E-state index in [1.54, 1.807) is 6.33 Å². The van der Waals surface area contributed by atoms with E-state index in [1.165, 1.54) is 21.8 Å². The molecule has 0 spiro atoms. The van der Waals surface area contributed by atoms with Crippen LogP contribution in [0.15, 0.2) is 48.8 Å². The Labute approximate surface area is 167 Å². The number of hydrogen-bond donors (Lipinski definition) is 0. The number of rotatable bonds is 2. The van der Waals surface area contributed by atoms with E-state index in [0.717, 1.165) is 23.5 Å². The van der Waals surface area contributed by atoms with Gasteiger partial charge in [0.15, 0.2) is 0 Å². The minimum Gasteiger partial charge on any atom is -0.381 e. The zero-order chi connectivity index (χ0) is 17.6. The molecule has 0 aliphatic heterocycles. The molecule has 0 saturated carbocycles. The molecule has 135 valence electrons. The summed E-state index contributed by atoms with van der Waals surface area (Å²) in [4.78, 5) is 8.92. The van der Waals surface area contributed by atoms with Gasteiger partial charge < -0.3 is 4.57 Å². The second kappa shape index (κ2) is 6.94. The molecule has 2 heterocycles. The molecule has 0 saturated heterocycles. The molecule has 4 aromatic rings. The number of aromatic nitrogens is 3. The third-order valence-electron chi connectivity index (χ3n) is 4.73. The maximum Gasteiger partial charge on any atom is 0.105 e. The van der Waals surface area contributed by atoms with Gasteiger partial charge in [-0.2, -0.15) is 0 Å². The van der Waals surface area contributed by atoms with Crippen LogP contribution in [0.3, 0.4) is 0 Å². The average Bonchev–Trinajstić information content (AvgIpc) is 2.94. The molecule has 2 aromatic heterocycles. The molecule has 26 heavy (non-hydrogen) atoms. The summed E-state index contributed by atoms with van der Waals surface area (Å²) in [5, 5.41) is 2.53. The SMILES string of the molecule is CCn1c2c[c-]c(-c3cc(C(C)(C)C)ncn3)cc2c2ccccc21.[Ir]. The number of benzene rings is 2. The smallest absolute Gasteiger partial charge is 0.105 e. The van der Waals surface area contributed by atoms with Gasteiger partial charge in [0, 0.05) is 43.3 Å². The summed E-state index contributed by atoms with van der Waals surface area (Å²) < 4.78 is 2.34. The van der Waals surface area contributed by atoms with Crippen molar-refractivity contribution in [2.24, 2.45) is 0 Å². The number of fused-ring (bicyclic) bond motifs is 3. The normalized spacial score (nSPS) is 11.7. The number of para-hydroxylation sites is 1. The molecule has 0 aliphatic carbocycles. The Hall–Kier alpha value is -2.03. The van der Waals surface area contributed by atoms with Crippen molar-refractivity contribution in [3.05, 3.63) is 60.6 Å². The first-order chi connectivity index (χ1) is 12.0. The summed E-state index contributed by atoms with van der Waals surface area (Å²) in [6.45, 7) is 9.63. The van der Waals surface area contributed by atoms with Crippen LogP contribution >= 0.6 is 0 Å². The Balaban J connectivity index is 0.00000196. The Bertz CT molecular complexity index is 1070. The van der Waals surface area contributed by atoms with Crippen LogP contribution in [-0.2, 0) is 32.1 Å². The predicted molar refractivity (Wildman–Crippen MR) is 104 cm³/mol. The van der Waals surface area contributed by atoms with Crippen molar-refractivity contribution in [2.45, 2.75) is 39.7 Å². The fourth-order valence-corrected chi connectivity index (χ4v) is 3.39. The van der Waals surface area contributed by atoms with Crippen molar-refractivity contribution in [2.75, 3.05) is 0 Å². The van der Waals surface area contributed by atoms with Gasteiger partial charge in [0.2, 0.25) is 0 Å². The van der Waals surface area contributed by atoms with Crippen molar-refractivity contribution < 1.29 is 20.1 Å². The summed E-state index contributed by atoms with van der Waals surface area (Å²) >= 11 is 0. The van der Waals surface area contributed by atoms with Crippen LogP contribution < -0.4 is 0 Å². The fourth-order valence-electron chi connectivity index (χ4n) is 3.39. The minimum absolute atomic E-state index is 0. The zero-order valence-electron chi connectivity index (χ0n) is 15.5. The van der Waals surface area contributed by atoms with E-state index >= 15 is 0 Å². The molecule has 3 nitrogen and oxygen atoms in total. The topological polar surface area (TPSA) is 30.7 Å². The van der Waals surface area contributed by atoms with Gasteiger partial charge >= 0.3 is 0 Å². The van der Waals surface area contributed by atoms with Gasteiger partial charge in [-0.15, -0.1) is 23.8 Å². The van der Waals surface area contributed by atoms with Gasteiger partial charge in [-0.3, -0.25) is 4.98 Å². The van der Waals surface area contributed by atoms with Crippen LogP contribution in [0.2, 0.25) is 0 Å². The first-order valence-corrected chi connectivity index (χ1v) is 8.74. The Morgan fingerprint density at radius 2 is 1.77 bits per heavy atom. The van der Waals surface area contributed by atoms with E-state index in [4.69, 9.17) is 0 Å². The molecule has 0 atom stereocenters. The largest absolute Gasteiger partial charge is 0.381 e. The fraction of sp³-hybridized carbons (Fsp3) is 0.273. The van der Waals surface area contributed by atoms with Gasteiger partial charge in [0.05, 0.1) is 0 Å². The summed E-state index contributed by atoms with van der Waals surface area (Å²) in [6.07, 6.45) is 1.66. The van der Waals surface area contributed by atoms with Gasteiger partial charge in [0.25, 0.3) is 0 Å². The van der Waals surface area contributed by atoms with E-state index in [-0.39, 0.29) is 25.5 Å². The molecular formula is C22H22IrN3-. The number of hydrogen-bond acceptors (Lipinski definition) is 2. The van der Waals surface area contributed by atoms with Crippen molar-refractivity contribution in [1.29, 1.82) is 0 Å². The predicted octanol–water partition coefficient (Wildman–Crippen LogP) is 5.37. The van der Waals surface area contributed by atoms with Crippen LogP contribution in [0.25, 0.3) is 33.1 Å². The van der Waals surface area contributed by atoms with Gasteiger partial charge in [-0.25, -0.2) is 4.98 Å². The first kappa shape index (κ1) is 18.8. The summed E-state index contributed by atoms with van der Waals surface area (Å²) in [7, 11) is 0. The standard InChI is InChI=1S/C22H22N3.Ir/c1-5-25-19-9-7-6-8-16(19)17-12-15(10-11-20(17)25)18-13-21(22(2,3)4)24-14-23-18;/h6-9,11-14H,5H2,1-4H3;/q-1;.